The fraction of sp³-hybridized carbons (Fsp3) is 0.439. The lowest BCUT2D eigenvalue weighted by Crippen LogP contribution is -2.72. The molecule has 1 amide bonds. The number of nitrogens with zero attached hydrogens (tertiary/aromatic N) is 12. The van der Waals surface area contributed by atoms with E-state index in [1.165, 1.54) is 28.9 Å². The summed E-state index contributed by atoms with van der Waals surface area (Å²) in [5.74, 6) is -0.672. The van der Waals surface area contributed by atoms with Gasteiger partial charge in [0.25, 0.3) is 0 Å². The normalized spacial score (nSPS) is 24.7. The first-order valence-corrected chi connectivity index (χ1v) is 20.1. The van der Waals surface area contributed by atoms with E-state index in [1.807, 2.05) is 16.4 Å². The highest BCUT2D eigenvalue weighted by Crippen LogP contribution is 2.41. The van der Waals surface area contributed by atoms with Crippen LogP contribution in [-0.4, -0.2) is 145 Å². The molecule has 6 bridgehead atoms. The Labute approximate surface area is 341 Å². The zero-order chi connectivity index (χ0) is 41.0. The molecule has 5 saturated heterocycles. The highest BCUT2D eigenvalue weighted by Gasteiger charge is 2.49. The Hall–Kier alpha value is -5.92. The van der Waals surface area contributed by atoms with E-state index in [0.717, 1.165) is 38.8 Å². The number of methoxy groups -OCH3 is 1. The second-order valence-corrected chi connectivity index (χ2v) is 16.4. The van der Waals surface area contributed by atoms with Crippen molar-refractivity contribution in [2.75, 3.05) is 63.4 Å². The van der Waals surface area contributed by atoms with E-state index in [-0.39, 0.29) is 49.2 Å². The molecule has 5 fully saturated rings. The number of amides is 1. The molecule has 5 atom stereocenters. The number of halogens is 3. The first kappa shape index (κ1) is 37.1. The number of likely N-dealkylation sites (N-methyl/N-ethyl adjacent to an activating group) is 1. The predicted octanol–water partition coefficient (Wildman–Crippen LogP) is 3.52. The number of anilines is 2. The van der Waals surface area contributed by atoms with Gasteiger partial charge in [0.2, 0.25) is 11.9 Å². The lowest BCUT2D eigenvalue weighted by Gasteiger charge is -2.58. The summed E-state index contributed by atoms with van der Waals surface area (Å²) in [5.41, 5.74) is 2.44. The summed E-state index contributed by atoms with van der Waals surface area (Å²) in [6.07, 6.45) is 3.27. The van der Waals surface area contributed by atoms with Crippen LogP contribution in [0.4, 0.5) is 24.9 Å². The maximum absolute atomic E-state index is 15.4. The number of carbonyl (C=O) groups excluding carboxylic acids is 1. The molecule has 16 nitrogen and oxygen atoms in total. The minimum Gasteiger partial charge on any atom is -0.458 e. The monoisotopic (exact) mass is 822 g/mol. The molecule has 60 heavy (non-hydrogen) atoms. The van der Waals surface area contributed by atoms with Crippen LogP contribution in [0.2, 0.25) is 0 Å². The number of benzene rings is 2. The van der Waals surface area contributed by atoms with Gasteiger partial charge < -0.3 is 33.5 Å². The summed E-state index contributed by atoms with van der Waals surface area (Å²) in [7, 11) is 3.33. The number of rotatable bonds is 5. The maximum Gasteiger partial charge on any atom is 0.317 e. The van der Waals surface area contributed by atoms with Gasteiger partial charge in [-0.3, -0.25) is 9.69 Å². The smallest absolute Gasteiger partial charge is 0.317 e. The van der Waals surface area contributed by atoms with Crippen LogP contribution in [0.1, 0.15) is 18.7 Å². The minimum absolute atomic E-state index is 0.0212. The third-order valence-electron chi connectivity index (χ3n) is 12.7. The van der Waals surface area contributed by atoms with Crippen LogP contribution in [-0.2, 0) is 20.8 Å². The van der Waals surface area contributed by atoms with E-state index in [9.17, 15) is 9.18 Å². The maximum atomic E-state index is 15.4. The first-order valence-electron chi connectivity index (χ1n) is 20.1. The standard InChI is InChI=1S/C41H41F3N12O4/c1-21-47-33-10-23(43)8-29-32-6-7-45-41(48-32)60-27-12-35(39(57)51(2)16-28(58-3)18-53(21)36(29)33)54(17-27)37-30-13-46-56(34-5-4-22(42)9-31(34)44)38(30)50-40(49-37)55-24-11-25(55)15-52(14-24)26-19-59-20-26/h4-10,13,24-28,35H,11-12,14-20H2,1-3H3/t24?,25?,27-,28+,35-/m0/s1. The molecule has 0 N–H and O–H groups in total. The van der Waals surface area contributed by atoms with Crippen molar-refractivity contribution in [3.63, 3.8) is 0 Å². The van der Waals surface area contributed by atoms with Crippen molar-refractivity contribution < 1.29 is 32.2 Å². The van der Waals surface area contributed by atoms with Gasteiger partial charge in [0, 0.05) is 76.2 Å². The average Bonchev–Trinajstić information content (AvgIpc) is 3.91. The molecule has 0 saturated carbocycles. The van der Waals surface area contributed by atoms with Crippen molar-refractivity contribution in [2.24, 2.45) is 0 Å². The van der Waals surface area contributed by atoms with E-state index >= 15 is 8.78 Å². The molecule has 4 aromatic heterocycles. The zero-order valence-corrected chi connectivity index (χ0v) is 33.1. The van der Waals surface area contributed by atoms with Gasteiger partial charge in [0.1, 0.15) is 41.1 Å². The van der Waals surface area contributed by atoms with E-state index in [1.54, 1.807) is 37.5 Å². The second kappa shape index (κ2) is 14.1. The number of aromatic nitrogens is 8. The van der Waals surface area contributed by atoms with Gasteiger partial charge in [-0.25, -0.2) is 27.8 Å². The van der Waals surface area contributed by atoms with Crippen molar-refractivity contribution in [1.29, 1.82) is 0 Å². The molecular weight excluding hydrogens is 782 g/mol. The molecule has 19 heteroatoms. The summed E-state index contributed by atoms with van der Waals surface area (Å²) < 4.78 is 66.0. The second-order valence-electron chi connectivity index (χ2n) is 16.4. The van der Waals surface area contributed by atoms with Crippen LogP contribution < -0.4 is 14.5 Å². The highest BCUT2D eigenvalue weighted by molar-refractivity contribution is 5.94. The van der Waals surface area contributed by atoms with Crippen molar-refractivity contribution in [3.8, 4) is 23.0 Å². The van der Waals surface area contributed by atoms with Crippen LogP contribution in [0.25, 0.3) is 39.0 Å². The Balaban J connectivity index is 1.02. The Morgan fingerprint density at radius 2 is 1.72 bits per heavy atom. The Bertz CT molecular complexity index is 2680. The van der Waals surface area contributed by atoms with E-state index in [4.69, 9.17) is 29.2 Å². The minimum atomic E-state index is -0.801. The number of imidazole rings is 1. The number of hydrogen-bond donors (Lipinski definition) is 0. The van der Waals surface area contributed by atoms with Crippen LogP contribution >= 0.6 is 0 Å². The van der Waals surface area contributed by atoms with E-state index in [2.05, 4.69) is 24.9 Å². The molecule has 6 aliphatic rings. The molecule has 2 aromatic carbocycles. The number of aryl methyl sites for hydroxylation is 1. The third-order valence-corrected chi connectivity index (χ3v) is 12.7. The Morgan fingerprint density at radius 1 is 0.883 bits per heavy atom. The molecular formula is C41H41F3N12O4. The van der Waals surface area contributed by atoms with Crippen LogP contribution in [0, 0.1) is 24.4 Å². The largest absolute Gasteiger partial charge is 0.458 e. The summed E-state index contributed by atoms with van der Waals surface area (Å²) in [6, 6.07) is 7.79. The topological polar surface area (TPSA) is 145 Å². The van der Waals surface area contributed by atoms with Gasteiger partial charge in [0.15, 0.2) is 11.5 Å². The summed E-state index contributed by atoms with van der Waals surface area (Å²) in [4.78, 5) is 47.2. The van der Waals surface area contributed by atoms with Gasteiger partial charge in [-0.15, -0.1) is 0 Å². The third kappa shape index (κ3) is 6.03. The number of hydrogen-bond acceptors (Lipinski definition) is 13. The summed E-state index contributed by atoms with van der Waals surface area (Å²) >= 11 is 0. The van der Waals surface area contributed by atoms with Gasteiger partial charge in [-0.1, -0.05) is 0 Å². The molecule has 6 aromatic rings. The summed E-state index contributed by atoms with van der Waals surface area (Å²) in [5, 5.41) is 5.04. The fourth-order valence-corrected chi connectivity index (χ4v) is 9.62. The van der Waals surface area contributed by atoms with Crippen molar-refractivity contribution >= 4 is 39.7 Å². The quantitative estimate of drug-likeness (QED) is 0.251. The van der Waals surface area contributed by atoms with Crippen molar-refractivity contribution in [3.05, 3.63) is 72.1 Å². The zero-order valence-electron chi connectivity index (χ0n) is 33.1. The average molecular weight is 823 g/mol. The molecule has 0 spiro atoms. The number of fused-ring (bicyclic) bond motifs is 8. The van der Waals surface area contributed by atoms with Crippen LogP contribution in [0.3, 0.4) is 0 Å². The fourth-order valence-electron chi connectivity index (χ4n) is 9.62. The van der Waals surface area contributed by atoms with E-state index < -0.39 is 35.7 Å². The number of ether oxygens (including phenoxy) is 3. The molecule has 6 aliphatic heterocycles. The highest BCUT2D eigenvalue weighted by atomic mass is 19.1. The molecule has 0 aliphatic carbocycles. The molecule has 310 valence electrons. The van der Waals surface area contributed by atoms with E-state index in [0.29, 0.717) is 63.5 Å². The SMILES string of the molecule is CO[C@@H]1CN(C)C(=O)[C@@H]2C[C@@H](CN2c2nc(N3C4CC3CN(C3COC3)C4)nc3c2cnn3-c2ccc(F)cc2F)Oc2nccc(n2)-c2cc(F)cc3nc(C)n(c23)C1. The Kier molecular flexibility index (Phi) is 8.71. The molecule has 12 rings (SSSR count). The van der Waals surface area contributed by atoms with Gasteiger partial charge in [-0.2, -0.15) is 20.1 Å². The van der Waals surface area contributed by atoms with Crippen LogP contribution in [0.5, 0.6) is 6.01 Å². The van der Waals surface area contributed by atoms with Crippen molar-refractivity contribution in [1.82, 2.24) is 49.1 Å². The number of piperidine rings is 1. The molecule has 0 radical (unpaired) electrons. The van der Waals surface area contributed by atoms with Gasteiger partial charge in [0.05, 0.1) is 66.8 Å². The number of carbonyl (C=O) groups is 1. The first-order chi connectivity index (χ1) is 29.1. The lowest BCUT2D eigenvalue weighted by atomic mass is 9.86. The molecule has 2 unspecified atom stereocenters. The summed E-state index contributed by atoms with van der Waals surface area (Å²) in [6.45, 7) is 5.66. The van der Waals surface area contributed by atoms with Crippen molar-refractivity contribution in [2.45, 2.75) is 62.7 Å². The lowest BCUT2D eigenvalue weighted by molar-refractivity contribution is -0.133. The Morgan fingerprint density at radius 3 is 2.48 bits per heavy atom. The van der Waals surface area contributed by atoms with Gasteiger partial charge in [-0.05, 0) is 37.6 Å². The van der Waals surface area contributed by atoms with Gasteiger partial charge >= 0.3 is 6.01 Å². The number of piperazine rings is 1. The predicted molar refractivity (Wildman–Crippen MR) is 211 cm³/mol. The molecule has 10 heterocycles. The van der Waals surface area contributed by atoms with Crippen LogP contribution in [0.15, 0.2) is 48.8 Å².